The Hall–Kier alpha value is -1.68. The van der Waals surface area contributed by atoms with Crippen molar-refractivity contribution >= 4 is 0 Å². The summed E-state index contributed by atoms with van der Waals surface area (Å²) in [6, 6.07) is 6.70. The molecule has 1 N–H and O–H groups in total. The highest BCUT2D eigenvalue weighted by molar-refractivity contribution is 5.26. The minimum Gasteiger partial charge on any atom is -0.388 e. The van der Waals surface area contributed by atoms with Gasteiger partial charge in [0.15, 0.2) is 0 Å². The number of rotatable bonds is 4. The van der Waals surface area contributed by atoms with E-state index in [4.69, 9.17) is 0 Å². The summed E-state index contributed by atoms with van der Waals surface area (Å²) < 4.78 is 15.4. The Bertz CT molecular complexity index is 536. The number of aryl methyl sites for hydroxylation is 3. The first kappa shape index (κ1) is 12.8. The molecule has 0 amide bonds. The largest absolute Gasteiger partial charge is 0.388 e. The molecule has 0 saturated heterocycles. The van der Waals surface area contributed by atoms with Crippen molar-refractivity contribution in [2.75, 3.05) is 0 Å². The van der Waals surface area contributed by atoms with E-state index >= 15 is 0 Å². The predicted octanol–water partition coefficient (Wildman–Crippen LogP) is 2.53. The van der Waals surface area contributed by atoms with E-state index in [1.807, 2.05) is 20.0 Å². The van der Waals surface area contributed by atoms with Crippen molar-refractivity contribution in [1.29, 1.82) is 0 Å². The number of benzene rings is 1. The van der Waals surface area contributed by atoms with Crippen LogP contribution in [0.25, 0.3) is 0 Å². The lowest BCUT2D eigenvalue weighted by Crippen LogP contribution is -2.05. The smallest absolute Gasteiger partial charge is 0.129 e. The number of aliphatic hydroxyl groups excluding tert-OH is 1. The molecule has 0 spiro atoms. The van der Waals surface area contributed by atoms with Crippen LogP contribution in [0.15, 0.2) is 30.5 Å². The molecule has 2 rings (SSSR count). The summed E-state index contributed by atoms with van der Waals surface area (Å²) in [5.41, 5.74) is 2.35. The van der Waals surface area contributed by atoms with Gasteiger partial charge in [-0.15, -0.1) is 0 Å². The fraction of sp³-hybridized carbons (Fsp3) is 0.357. The van der Waals surface area contributed by atoms with E-state index in [1.165, 1.54) is 6.07 Å². The molecule has 1 atom stereocenters. The molecule has 2 aromatic rings. The molecule has 18 heavy (non-hydrogen) atoms. The van der Waals surface area contributed by atoms with Gasteiger partial charge in [0.05, 0.1) is 6.10 Å². The van der Waals surface area contributed by atoms with Crippen LogP contribution in [0.2, 0.25) is 0 Å². The molecular weight excluding hydrogens is 231 g/mol. The van der Waals surface area contributed by atoms with E-state index in [0.717, 1.165) is 11.3 Å². The molecule has 0 radical (unpaired) electrons. The summed E-state index contributed by atoms with van der Waals surface area (Å²) in [6.07, 6.45) is 2.10. The average molecular weight is 248 g/mol. The highest BCUT2D eigenvalue weighted by Crippen LogP contribution is 2.22. The summed E-state index contributed by atoms with van der Waals surface area (Å²) in [5.74, 6) is -0.349. The third-order valence-electron chi connectivity index (χ3n) is 3.11. The number of hydrogen-bond acceptors (Lipinski definition) is 2. The van der Waals surface area contributed by atoms with Gasteiger partial charge in [0.2, 0.25) is 0 Å². The Morgan fingerprint density at radius 3 is 2.83 bits per heavy atom. The number of aromatic nitrogens is 2. The van der Waals surface area contributed by atoms with Gasteiger partial charge in [-0.2, -0.15) is 5.10 Å². The third-order valence-corrected chi connectivity index (χ3v) is 3.11. The summed E-state index contributed by atoms with van der Waals surface area (Å²) in [4.78, 5) is 0. The lowest BCUT2D eigenvalue weighted by Gasteiger charge is -2.12. The second-order valence-electron chi connectivity index (χ2n) is 4.53. The van der Waals surface area contributed by atoms with Crippen LogP contribution in [-0.4, -0.2) is 14.9 Å². The normalized spacial score (nSPS) is 12.7. The lowest BCUT2D eigenvalue weighted by molar-refractivity contribution is 0.162. The van der Waals surface area contributed by atoms with Gasteiger partial charge in [0.1, 0.15) is 5.82 Å². The van der Waals surface area contributed by atoms with Crippen molar-refractivity contribution in [2.24, 2.45) is 7.05 Å². The summed E-state index contributed by atoms with van der Waals surface area (Å²) in [5, 5.41) is 14.1. The molecule has 1 heterocycles. The highest BCUT2D eigenvalue weighted by Gasteiger charge is 2.13. The Balaban J connectivity index is 2.06. The van der Waals surface area contributed by atoms with Crippen molar-refractivity contribution in [3.63, 3.8) is 0 Å². The molecule has 0 aliphatic rings. The fourth-order valence-electron chi connectivity index (χ4n) is 2.01. The lowest BCUT2D eigenvalue weighted by atomic mass is 10.0. The van der Waals surface area contributed by atoms with E-state index in [0.29, 0.717) is 18.4 Å². The van der Waals surface area contributed by atoms with Crippen molar-refractivity contribution in [3.8, 4) is 0 Å². The quantitative estimate of drug-likeness (QED) is 0.903. The number of halogens is 1. The monoisotopic (exact) mass is 248 g/mol. The number of hydrogen-bond donors (Lipinski definition) is 1. The van der Waals surface area contributed by atoms with Gasteiger partial charge in [-0.25, -0.2) is 4.39 Å². The summed E-state index contributed by atoms with van der Waals surface area (Å²) in [6.45, 7) is 1.89. The first-order valence-electron chi connectivity index (χ1n) is 5.99. The Morgan fingerprint density at radius 1 is 1.39 bits per heavy atom. The van der Waals surface area contributed by atoms with Crippen LogP contribution in [-0.2, 0) is 13.5 Å². The SMILES string of the molecule is Cc1ccc(F)c(C(O)CCc2ccnn2C)c1. The minimum absolute atomic E-state index is 0.349. The van der Waals surface area contributed by atoms with E-state index in [2.05, 4.69) is 5.10 Å². The fourth-order valence-corrected chi connectivity index (χ4v) is 2.01. The van der Waals surface area contributed by atoms with Crippen molar-refractivity contribution in [2.45, 2.75) is 25.9 Å². The zero-order chi connectivity index (χ0) is 13.1. The topological polar surface area (TPSA) is 38.1 Å². The van der Waals surface area contributed by atoms with E-state index in [9.17, 15) is 9.50 Å². The van der Waals surface area contributed by atoms with Crippen LogP contribution in [0.5, 0.6) is 0 Å². The third kappa shape index (κ3) is 2.76. The maximum absolute atomic E-state index is 13.6. The average Bonchev–Trinajstić information content (AvgIpc) is 2.75. The van der Waals surface area contributed by atoms with Gasteiger partial charge >= 0.3 is 0 Å². The predicted molar refractivity (Wildman–Crippen MR) is 67.6 cm³/mol. The highest BCUT2D eigenvalue weighted by atomic mass is 19.1. The zero-order valence-electron chi connectivity index (χ0n) is 10.6. The second-order valence-corrected chi connectivity index (χ2v) is 4.53. The molecule has 3 nitrogen and oxygen atoms in total. The molecular formula is C14H17FN2O. The van der Waals surface area contributed by atoms with Gasteiger partial charge in [0.25, 0.3) is 0 Å². The molecule has 0 aliphatic heterocycles. The molecule has 0 saturated carbocycles. The Kier molecular flexibility index (Phi) is 3.77. The maximum Gasteiger partial charge on any atom is 0.129 e. The molecule has 1 aromatic heterocycles. The van der Waals surface area contributed by atoms with E-state index in [-0.39, 0.29) is 5.82 Å². The number of aliphatic hydroxyl groups is 1. The second kappa shape index (κ2) is 5.31. The summed E-state index contributed by atoms with van der Waals surface area (Å²) >= 11 is 0. The van der Waals surface area contributed by atoms with Crippen LogP contribution in [0, 0.1) is 12.7 Å². The first-order chi connectivity index (χ1) is 8.58. The van der Waals surface area contributed by atoms with Crippen LogP contribution in [0.3, 0.4) is 0 Å². The molecule has 0 aliphatic carbocycles. The van der Waals surface area contributed by atoms with Crippen LogP contribution < -0.4 is 0 Å². The zero-order valence-corrected chi connectivity index (χ0v) is 10.6. The molecule has 1 unspecified atom stereocenters. The van der Waals surface area contributed by atoms with Crippen molar-refractivity contribution in [1.82, 2.24) is 9.78 Å². The van der Waals surface area contributed by atoms with Crippen molar-refractivity contribution < 1.29 is 9.50 Å². The molecule has 0 fully saturated rings. The van der Waals surface area contributed by atoms with Gasteiger partial charge in [0, 0.05) is 24.5 Å². The van der Waals surface area contributed by atoms with E-state index < -0.39 is 6.10 Å². The maximum atomic E-state index is 13.6. The van der Waals surface area contributed by atoms with Gasteiger partial charge in [-0.3, -0.25) is 4.68 Å². The number of nitrogens with zero attached hydrogens (tertiary/aromatic N) is 2. The van der Waals surface area contributed by atoms with Gasteiger partial charge < -0.3 is 5.11 Å². The Labute approximate surface area is 106 Å². The molecule has 1 aromatic carbocycles. The van der Waals surface area contributed by atoms with Crippen LogP contribution >= 0.6 is 0 Å². The molecule has 0 bridgehead atoms. The van der Waals surface area contributed by atoms with Gasteiger partial charge in [-0.05, 0) is 31.9 Å². The first-order valence-corrected chi connectivity index (χ1v) is 5.99. The van der Waals surface area contributed by atoms with Crippen molar-refractivity contribution in [3.05, 3.63) is 53.1 Å². The summed E-state index contributed by atoms with van der Waals surface area (Å²) in [7, 11) is 1.86. The van der Waals surface area contributed by atoms with Crippen LogP contribution in [0.4, 0.5) is 4.39 Å². The van der Waals surface area contributed by atoms with Crippen LogP contribution in [0.1, 0.15) is 29.3 Å². The molecule has 96 valence electrons. The standard InChI is InChI=1S/C14H17FN2O/c1-10-3-5-13(15)12(9-10)14(18)6-4-11-7-8-16-17(11)2/h3,5,7-9,14,18H,4,6H2,1-2H3. The Morgan fingerprint density at radius 2 is 2.17 bits per heavy atom. The van der Waals surface area contributed by atoms with E-state index in [1.54, 1.807) is 23.0 Å². The van der Waals surface area contributed by atoms with Gasteiger partial charge in [-0.1, -0.05) is 17.7 Å². The minimum atomic E-state index is -0.778. The molecule has 4 heteroatoms.